The molecule has 0 spiro atoms. The minimum Gasteiger partial charge on any atom is -0.338 e. The zero-order chi connectivity index (χ0) is 13.8. The van der Waals surface area contributed by atoms with Crippen LogP contribution in [0.2, 0.25) is 0 Å². The molecule has 0 aliphatic heterocycles. The first kappa shape index (κ1) is 13.0. The van der Waals surface area contributed by atoms with Crippen LogP contribution in [0.1, 0.15) is 16.7 Å². The zero-order valence-electron chi connectivity index (χ0n) is 11.0. The van der Waals surface area contributed by atoms with Crippen molar-refractivity contribution >= 4 is 11.3 Å². The van der Waals surface area contributed by atoms with Crippen LogP contribution < -0.4 is 5.32 Å². The van der Waals surface area contributed by atoms with Crippen LogP contribution in [0.3, 0.4) is 0 Å². The molecule has 0 fully saturated rings. The summed E-state index contributed by atoms with van der Waals surface area (Å²) in [6, 6.07) is 10.2. The number of nitrogens with one attached hydrogen (secondary N) is 1. The average Bonchev–Trinajstić information content (AvgIpc) is 3.09. The Morgan fingerprint density at radius 1 is 1.15 bits per heavy atom. The van der Waals surface area contributed by atoms with Gasteiger partial charge in [0.1, 0.15) is 5.01 Å². The highest BCUT2D eigenvalue weighted by molar-refractivity contribution is 7.09. The summed E-state index contributed by atoms with van der Waals surface area (Å²) in [7, 11) is 0. The Labute approximate surface area is 120 Å². The standard InChI is InChI=1S/C14H14N4OS/c1-10-16-13(19-18-10)7-15-8-14-17-12(9-20-14)11-5-3-2-4-6-11/h2-6,9,15H,7-8H2,1H3. The van der Waals surface area contributed by atoms with Crippen molar-refractivity contribution in [1.29, 1.82) is 0 Å². The van der Waals surface area contributed by atoms with E-state index < -0.39 is 0 Å². The number of hydrogen-bond acceptors (Lipinski definition) is 6. The molecule has 0 aliphatic carbocycles. The molecule has 2 aromatic heterocycles. The highest BCUT2D eigenvalue weighted by Crippen LogP contribution is 2.21. The lowest BCUT2D eigenvalue weighted by Crippen LogP contribution is -2.12. The first-order valence-corrected chi connectivity index (χ1v) is 7.19. The fraction of sp³-hybridized carbons (Fsp3) is 0.214. The second-order valence-corrected chi connectivity index (χ2v) is 5.27. The lowest BCUT2D eigenvalue weighted by molar-refractivity contribution is 0.364. The maximum atomic E-state index is 5.04. The molecule has 3 aromatic rings. The number of nitrogens with zero attached hydrogens (tertiary/aromatic N) is 3. The molecule has 0 amide bonds. The molecule has 0 radical (unpaired) electrons. The molecule has 0 unspecified atom stereocenters. The molecule has 20 heavy (non-hydrogen) atoms. The zero-order valence-corrected chi connectivity index (χ0v) is 11.9. The number of aryl methyl sites for hydroxylation is 1. The summed E-state index contributed by atoms with van der Waals surface area (Å²) in [5.41, 5.74) is 2.16. The van der Waals surface area contributed by atoms with Crippen molar-refractivity contribution in [2.45, 2.75) is 20.0 Å². The van der Waals surface area contributed by atoms with Gasteiger partial charge in [-0.25, -0.2) is 4.98 Å². The Kier molecular flexibility index (Phi) is 3.85. The second kappa shape index (κ2) is 5.94. The van der Waals surface area contributed by atoms with Crippen LogP contribution in [0.4, 0.5) is 0 Å². The lowest BCUT2D eigenvalue weighted by Gasteiger charge is -1.97. The van der Waals surface area contributed by atoms with Crippen LogP contribution in [0.25, 0.3) is 11.3 Å². The summed E-state index contributed by atoms with van der Waals surface area (Å²) >= 11 is 1.64. The van der Waals surface area contributed by atoms with Crippen molar-refractivity contribution < 1.29 is 4.52 Å². The van der Waals surface area contributed by atoms with Gasteiger partial charge in [-0.05, 0) is 6.92 Å². The van der Waals surface area contributed by atoms with E-state index >= 15 is 0 Å². The third-order valence-corrected chi connectivity index (χ3v) is 3.59. The van der Waals surface area contributed by atoms with E-state index in [1.807, 2.05) is 18.2 Å². The topological polar surface area (TPSA) is 63.8 Å². The number of aromatic nitrogens is 3. The predicted molar refractivity (Wildman–Crippen MR) is 77.1 cm³/mol. The quantitative estimate of drug-likeness (QED) is 0.781. The monoisotopic (exact) mass is 286 g/mol. The number of thiazole rings is 1. The van der Waals surface area contributed by atoms with E-state index in [-0.39, 0.29) is 0 Å². The van der Waals surface area contributed by atoms with E-state index in [0.717, 1.165) is 16.3 Å². The molecular formula is C14H14N4OS. The summed E-state index contributed by atoms with van der Waals surface area (Å²) in [6.07, 6.45) is 0. The largest absolute Gasteiger partial charge is 0.338 e. The smallest absolute Gasteiger partial charge is 0.240 e. The molecular weight excluding hydrogens is 272 g/mol. The van der Waals surface area contributed by atoms with Crippen LogP contribution in [-0.2, 0) is 13.1 Å². The van der Waals surface area contributed by atoms with Crippen molar-refractivity contribution in [2.75, 3.05) is 0 Å². The van der Waals surface area contributed by atoms with Crippen molar-refractivity contribution in [1.82, 2.24) is 20.4 Å². The molecule has 5 nitrogen and oxygen atoms in total. The van der Waals surface area contributed by atoms with E-state index in [1.54, 1.807) is 18.3 Å². The van der Waals surface area contributed by atoms with Crippen LogP contribution >= 0.6 is 11.3 Å². The number of hydrogen-bond donors (Lipinski definition) is 1. The van der Waals surface area contributed by atoms with Crippen LogP contribution in [0.15, 0.2) is 40.2 Å². The number of benzene rings is 1. The fourth-order valence-electron chi connectivity index (χ4n) is 1.82. The predicted octanol–water partition coefficient (Wildman–Crippen LogP) is 2.79. The molecule has 102 valence electrons. The molecule has 0 atom stereocenters. The van der Waals surface area contributed by atoms with Gasteiger partial charge >= 0.3 is 0 Å². The van der Waals surface area contributed by atoms with Gasteiger partial charge in [-0.15, -0.1) is 11.3 Å². The van der Waals surface area contributed by atoms with E-state index in [9.17, 15) is 0 Å². The van der Waals surface area contributed by atoms with Crippen molar-refractivity contribution in [2.24, 2.45) is 0 Å². The summed E-state index contributed by atoms with van der Waals surface area (Å²) in [5.74, 6) is 1.25. The lowest BCUT2D eigenvalue weighted by atomic mass is 10.2. The minimum absolute atomic E-state index is 0.557. The maximum absolute atomic E-state index is 5.04. The summed E-state index contributed by atoms with van der Waals surface area (Å²) < 4.78 is 5.04. The third kappa shape index (κ3) is 3.09. The summed E-state index contributed by atoms with van der Waals surface area (Å²) in [5, 5.41) is 10.1. The van der Waals surface area contributed by atoms with Gasteiger partial charge in [-0.3, -0.25) is 0 Å². The Morgan fingerprint density at radius 2 is 2.00 bits per heavy atom. The molecule has 6 heteroatoms. The van der Waals surface area contributed by atoms with Crippen LogP contribution in [0.5, 0.6) is 0 Å². The Hall–Kier alpha value is -2.05. The number of rotatable bonds is 5. The maximum Gasteiger partial charge on any atom is 0.240 e. The molecule has 0 saturated heterocycles. The highest BCUT2D eigenvalue weighted by Gasteiger charge is 2.05. The Balaban J connectivity index is 1.58. The normalized spacial score (nSPS) is 10.8. The third-order valence-electron chi connectivity index (χ3n) is 2.74. The molecule has 2 heterocycles. The molecule has 1 aromatic carbocycles. The van der Waals surface area contributed by atoms with Gasteiger partial charge in [0.05, 0.1) is 12.2 Å². The Morgan fingerprint density at radius 3 is 2.75 bits per heavy atom. The van der Waals surface area contributed by atoms with Crippen LogP contribution in [-0.4, -0.2) is 15.1 Å². The van der Waals surface area contributed by atoms with Gasteiger partial charge in [0.2, 0.25) is 5.89 Å². The van der Waals surface area contributed by atoms with Crippen LogP contribution in [0, 0.1) is 6.92 Å². The summed E-state index contributed by atoms with van der Waals surface area (Å²) in [6.45, 7) is 3.06. The van der Waals surface area contributed by atoms with E-state index in [4.69, 9.17) is 4.52 Å². The Bertz CT molecular complexity index is 677. The van der Waals surface area contributed by atoms with E-state index in [2.05, 4.69) is 38.0 Å². The fourth-order valence-corrected chi connectivity index (χ4v) is 2.59. The molecule has 1 N–H and O–H groups in total. The minimum atomic E-state index is 0.557. The van der Waals surface area contributed by atoms with Crippen molar-refractivity contribution in [3.63, 3.8) is 0 Å². The van der Waals surface area contributed by atoms with E-state index in [1.165, 1.54) is 0 Å². The van der Waals surface area contributed by atoms with Gasteiger partial charge in [0.25, 0.3) is 0 Å². The molecule has 0 bridgehead atoms. The van der Waals surface area contributed by atoms with E-state index in [0.29, 0.717) is 24.8 Å². The van der Waals surface area contributed by atoms with Gasteiger partial charge < -0.3 is 9.84 Å². The SMILES string of the molecule is Cc1noc(CNCc2nc(-c3ccccc3)cs2)n1. The van der Waals surface area contributed by atoms with Gasteiger partial charge in [-0.2, -0.15) is 4.98 Å². The summed E-state index contributed by atoms with van der Waals surface area (Å²) in [4.78, 5) is 8.74. The van der Waals surface area contributed by atoms with Crippen molar-refractivity contribution in [3.8, 4) is 11.3 Å². The molecule has 0 aliphatic rings. The molecule has 0 saturated carbocycles. The van der Waals surface area contributed by atoms with Gasteiger partial charge in [0.15, 0.2) is 5.82 Å². The van der Waals surface area contributed by atoms with Crippen molar-refractivity contribution in [3.05, 3.63) is 52.4 Å². The second-order valence-electron chi connectivity index (χ2n) is 4.33. The average molecular weight is 286 g/mol. The highest BCUT2D eigenvalue weighted by atomic mass is 32.1. The first-order chi connectivity index (χ1) is 9.81. The van der Waals surface area contributed by atoms with Gasteiger partial charge in [-0.1, -0.05) is 35.5 Å². The van der Waals surface area contributed by atoms with Gasteiger partial charge in [0, 0.05) is 17.5 Å². The first-order valence-electron chi connectivity index (χ1n) is 6.31. The molecule has 3 rings (SSSR count).